The summed E-state index contributed by atoms with van der Waals surface area (Å²) >= 11 is 6.16. The Morgan fingerprint density at radius 3 is 3.04 bits per heavy atom. The van der Waals surface area contributed by atoms with Crippen LogP contribution in [-0.2, 0) is 22.5 Å². The molecular weight excluding hydrogens is 314 g/mol. The van der Waals surface area contributed by atoms with Gasteiger partial charge in [0.05, 0.1) is 31.2 Å². The van der Waals surface area contributed by atoms with Crippen molar-refractivity contribution < 1.29 is 9.53 Å². The summed E-state index contributed by atoms with van der Waals surface area (Å²) in [4.78, 5) is 18.7. The lowest BCUT2D eigenvalue weighted by Crippen LogP contribution is -2.42. The van der Waals surface area contributed by atoms with Crippen LogP contribution in [0.15, 0.2) is 36.8 Å². The molecule has 0 fully saturated rings. The van der Waals surface area contributed by atoms with Crippen LogP contribution in [0.25, 0.3) is 0 Å². The quantitative estimate of drug-likeness (QED) is 0.845. The number of aryl methyl sites for hydroxylation is 1. The minimum absolute atomic E-state index is 0.121. The fourth-order valence-electron chi connectivity index (χ4n) is 3.00. The predicted molar refractivity (Wildman–Crippen MR) is 88.3 cm³/mol. The van der Waals surface area contributed by atoms with Gasteiger partial charge in [-0.1, -0.05) is 29.8 Å². The second-order valence-corrected chi connectivity index (χ2v) is 6.17. The fourth-order valence-corrected chi connectivity index (χ4v) is 3.23. The van der Waals surface area contributed by atoms with Crippen molar-refractivity contribution >= 4 is 17.5 Å². The molecule has 1 unspecified atom stereocenters. The summed E-state index contributed by atoms with van der Waals surface area (Å²) in [6.07, 6.45) is 4.74. The first-order chi connectivity index (χ1) is 11.2. The van der Waals surface area contributed by atoms with Crippen LogP contribution < -0.4 is 0 Å². The van der Waals surface area contributed by atoms with E-state index in [1.54, 1.807) is 7.11 Å². The number of rotatable bonds is 5. The van der Waals surface area contributed by atoms with Crippen molar-refractivity contribution in [1.82, 2.24) is 14.5 Å². The molecule has 1 aliphatic heterocycles. The van der Waals surface area contributed by atoms with Crippen molar-refractivity contribution in [3.05, 3.63) is 53.1 Å². The molecular formula is C17H20ClN3O2. The molecule has 2 aromatic rings. The largest absolute Gasteiger partial charge is 0.382 e. The van der Waals surface area contributed by atoms with Gasteiger partial charge in [0, 0.05) is 31.3 Å². The molecule has 1 amide bonds. The van der Waals surface area contributed by atoms with Gasteiger partial charge in [0.2, 0.25) is 5.91 Å². The first kappa shape index (κ1) is 16.0. The first-order valence-electron chi connectivity index (χ1n) is 7.70. The van der Waals surface area contributed by atoms with Crippen LogP contribution in [0.2, 0.25) is 5.02 Å². The number of nitrogens with zero attached hydrogens (tertiary/aromatic N) is 3. The Labute approximate surface area is 140 Å². The highest BCUT2D eigenvalue weighted by atomic mass is 35.5. The zero-order valence-corrected chi connectivity index (χ0v) is 13.9. The molecule has 0 bridgehead atoms. The number of methoxy groups -OCH3 is 1. The van der Waals surface area contributed by atoms with Crippen LogP contribution >= 0.6 is 11.6 Å². The maximum absolute atomic E-state index is 12.6. The number of carbonyl (C=O) groups is 1. The second kappa shape index (κ2) is 7.15. The summed E-state index contributed by atoms with van der Waals surface area (Å²) in [6.45, 7) is 1.82. The van der Waals surface area contributed by atoms with Crippen molar-refractivity contribution in [3.8, 4) is 0 Å². The molecule has 0 spiro atoms. The Hall–Kier alpha value is -1.85. The lowest BCUT2D eigenvalue weighted by atomic mass is 10.1. The van der Waals surface area contributed by atoms with E-state index in [1.807, 2.05) is 41.7 Å². The molecule has 1 aromatic heterocycles. The molecule has 5 nitrogen and oxygen atoms in total. The van der Waals surface area contributed by atoms with Crippen LogP contribution in [0, 0.1) is 0 Å². The van der Waals surface area contributed by atoms with Crippen LogP contribution in [-0.4, -0.2) is 40.6 Å². The number of hydrogen-bond acceptors (Lipinski definition) is 3. The van der Waals surface area contributed by atoms with Crippen LogP contribution in [0.5, 0.6) is 0 Å². The van der Waals surface area contributed by atoms with Gasteiger partial charge in [-0.15, -0.1) is 0 Å². The SMILES string of the molecule is COCC1CN(C(=O)CCc2ccccc2Cl)Cc2cncn21. The molecule has 0 saturated heterocycles. The van der Waals surface area contributed by atoms with Gasteiger partial charge in [-0.3, -0.25) is 4.79 Å². The van der Waals surface area contributed by atoms with Gasteiger partial charge in [0.1, 0.15) is 0 Å². The van der Waals surface area contributed by atoms with Crippen molar-refractivity contribution in [2.75, 3.05) is 20.3 Å². The normalized spacial score (nSPS) is 17.1. The highest BCUT2D eigenvalue weighted by Crippen LogP contribution is 2.23. The molecule has 0 saturated carbocycles. The maximum atomic E-state index is 12.6. The van der Waals surface area contributed by atoms with Crippen molar-refractivity contribution in [2.45, 2.75) is 25.4 Å². The lowest BCUT2D eigenvalue weighted by Gasteiger charge is -2.34. The van der Waals surface area contributed by atoms with Gasteiger partial charge in [-0.2, -0.15) is 0 Å². The molecule has 1 atom stereocenters. The van der Waals surface area contributed by atoms with E-state index in [1.165, 1.54) is 0 Å². The number of amides is 1. The average molecular weight is 334 g/mol. The second-order valence-electron chi connectivity index (χ2n) is 5.77. The average Bonchev–Trinajstić information content (AvgIpc) is 3.03. The van der Waals surface area contributed by atoms with E-state index in [0.717, 1.165) is 11.3 Å². The molecule has 0 radical (unpaired) electrons. The van der Waals surface area contributed by atoms with Gasteiger partial charge >= 0.3 is 0 Å². The zero-order chi connectivity index (χ0) is 16.2. The number of ether oxygens (including phenoxy) is 1. The first-order valence-corrected chi connectivity index (χ1v) is 8.07. The highest BCUT2D eigenvalue weighted by Gasteiger charge is 2.27. The Bertz CT molecular complexity index is 686. The van der Waals surface area contributed by atoms with Gasteiger partial charge in [0.25, 0.3) is 0 Å². The number of benzene rings is 1. The van der Waals surface area contributed by atoms with Crippen molar-refractivity contribution in [2.24, 2.45) is 0 Å². The van der Waals surface area contributed by atoms with Crippen molar-refractivity contribution in [3.63, 3.8) is 0 Å². The van der Waals surface area contributed by atoms with Crippen LogP contribution in [0.1, 0.15) is 23.7 Å². The minimum atomic E-state index is 0.121. The number of fused-ring (bicyclic) bond motifs is 1. The van der Waals surface area contributed by atoms with E-state index >= 15 is 0 Å². The third-order valence-corrected chi connectivity index (χ3v) is 4.57. The fraction of sp³-hybridized carbons (Fsp3) is 0.412. The van der Waals surface area contributed by atoms with E-state index in [0.29, 0.717) is 37.6 Å². The predicted octanol–water partition coefficient (Wildman–Crippen LogP) is 2.70. The van der Waals surface area contributed by atoms with Gasteiger partial charge in [-0.25, -0.2) is 4.98 Å². The molecule has 0 aliphatic carbocycles. The topological polar surface area (TPSA) is 47.4 Å². The molecule has 3 rings (SSSR count). The Kier molecular flexibility index (Phi) is 4.98. The molecule has 2 heterocycles. The van der Waals surface area contributed by atoms with Crippen LogP contribution in [0.4, 0.5) is 0 Å². The molecule has 122 valence electrons. The smallest absolute Gasteiger partial charge is 0.223 e. The van der Waals surface area contributed by atoms with Crippen molar-refractivity contribution in [1.29, 1.82) is 0 Å². The summed E-state index contributed by atoms with van der Waals surface area (Å²) in [5, 5.41) is 0.717. The number of aromatic nitrogens is 2. The molecule has 1 aliphatic rings. The van der Waals surface area contributed by atoms with Gasteiger partial charge in [0.15, 0.2) is 0 Å². The summed E-state index contributed by atoms with van der Waals surface area (Å²) < 4.78 is 7.38. The lowest BCUT2D eigenvalue weighted by molar-refractivity contribution is -0.133. The Morgan fingerprint density at radius 1 is 1.43 bits per heavy atom. The Balaban J connectivity index is 1.65. The van der Waals surface area contributed by atoms with E-state index < -0.39 is 0 Å². The maximum Gasteiger partial charge on any atom is 0.223 e. The zero-order valence-electron chi connectivity index (χ0n) is 13.1. The number of halogens is 1. The summed E-state index contributed by atoms with van der Waals surface area (Å²) in [6, 6.07) is 7.79. The molecule has 1 aromatic carbocycles. The molecule has 23 heavy (non-hydrogen) atoms. The monoisotopic (exact) mass is 333 g/mol. The number of carbonyl (C=O) groups excluding carboxylic acids is 1. The van der Waals surface area contributed by atoms with E-state index in [2.05, 4.69) is 9.55 Å². The van der Waals surface area contributed by atoms with E-state index in [9.17, 15) is 4.79 Å². The summed E-state index contributed by atoms with van der Waals surface area (Å²) in [7, 11) is 1.68. The van der Waals surface area contributed by atoms with Gasteiger partial charge < -0.3 is 14.2 Å². The van der Waals surface area contributed by atoms with E-state index in [-0.39, 0.29) is 11.9 Å². The minimum Gasteiger partial charge on any atom is -0.382 e. The van der Waals surface area contributed by atoms with E-state index in [4.69, 9.17) is 16.3 Å². The highest BCUT2D eigenvalue weighted by molar-refractivity contribution is 6.31. The Morgan fingerprint density at radius 2 is 2.26 bits per heavy atom. The number of imidazole rings is 1. The third kappa shape index (κ3) is 3.57. The molecule has 0 N–H and O–H groups in total. The summed E-state index contributed by atoms with van der Waals surface area (Å²) in [5.41, 5.74) is 2.06. The summed E-state index contributed by atoms with van der Waals surface area (Å²) in [5.74, 6) is 0.137. The number of hydrogen-bond donors (Lipinski definition) is 0. The molecule has 6 heteroatoms. The van der Waals surface area contributed by atoms with Crippen LogP contribution in [0.3, 0.4) is 0 Å². The van der Waals surface area contributed by atoms with Gasteiger partial charge in [-0.05, 0) is 18.1 Å². The third-order valence-electron chi connectivity index (χ3n) is 4.20. The standard InChI is InChI=1S/C17H20ClN3O2/c1-23-11-15-10-20(9-14-8-19-12-21(14)15)17(22)7-6-13-4-2-3-5-16(13)18/h2-5,8,12,15H,6-7,9-11H2,1H3.